The Labute approximate surface area is 267 Å². The Bertz CT molecular complexity index is 2360. The Morgan fingerprint density at radius 2 is 1.04 bits per heavy atom. The summed E-state index contributed by atoms with van der Waals surface area (Å²) in [5.74, 6) is 1.84. The molecule has 0 aliphatic rings. The second-order valence-electron chi connectivity index (χ2n) is 11.2. The van der Waals surface area contributed by atoms with Gasteiger partial charge in [-0.3, -0.25) is 0 Å². The van der Waals surface area contributed by atoms with Gasteiger partial charge in [0, 0.05) is 27.5 Å². The van der Waals surface area contributed by atoms with Crippen molar-refractivity contribution in [3.8, 4) is 56.4 Å². The van der Waals surface area contributed by atoms with Crippen molar-refractivity contribution < 1.29 is 4.42 Å². The van der Waals surface area contributed by atoms with Crippen molar-refractivity contribution in [1.29, 1.82) is 0 Å². The van der Waals surface area contributed by atoms with E-state index in [0.717, 1.165) is 55.3 Å². The van der Waals surface area contributed by atoms with Gasteiger partial charge < -0.3 is 4.42 Å². The number of hydrogen-bond donors (Lipinski definition) is 0. The van der Waals surface area contributed by atoms with Gasteiger partial charge in [-0.05, 0) is 52.9 Å². The van der Waals surface area contributed by atoms with E-state index in [2.05, 4.69) is 103 Å². The molecule has 2 aromatic heterocycles. The molecule has 0 saturated carbocycles. The van der Waals surface area contributed by atoms with Crippen LogP contribution in [0.1, 0.15) is 12.5 Å². The number of hydrogen-bond acceptors (Lipinski definition) is 4. The van der Waals surface area contributed by atoms with Crippen LogP contribution in [-0.4, -0.2) is 15.0 Å². The fourth-order valence-corrected chi connectivity index (χ4v) is 6.05. The van der Waals surface area contributed by atoms with Crippen LogP contribution in [0.3, 0.4) is 0 Å². The molecule has 4 nitrogen and oxygen atoms in total. The number of aromatic nitrogens is 3. The summed E-state index contributed by atoms with van der Waals surface area (Å²) >= 11 is 0. The number of fused-ring (bicyclic) bond motifs is 3. The molecule has 218 valence electrons. The highest BCUT2D eigenvalue weighted by Crippen LogP contribution is 2.38. The fraction of sp³-hybridized carbons (Fsp3) is 0.0238. The molecule has 0 radical (unpaired) electrons. The van der Waals surface area contributed by atoms with Gasteiger partial charge in [-0.2, -0.15) is 0 Å². The molecule has 8 rings (SSSR count). The quantitative estimate of drug-likeness (QED) is 0.193. The van der Waals surface area contributed by atoms with Crippen molar-refractivity contribution in [2.45, 2.75) is 6.92 Å². The van der Waals surface area contributed by atoms with Crippen molar-refractivity contribution >= 4 is 28.0 Å². The van der Waals surface area contributed by atoms with E-state index in [1.54, 1.807) is 0 Å². The number of allylic oxidation sites excluding steroid dienone is 1. The lowest BCUT2D eigenvalue weighted by molar-refractivity contribution is 0.669. The van der Waals surface area contributed by atoms with Crippen LogP contribution in [0.4, 0.5) is 0 Å². The molecule has 0 fully saturated rings. The minimum atomic E-state index is 0.602. The minimum absolute atomic E-state index is 0.602. The van der Waals surface area contributed by atoms with Gasteiger partial charge in [0.25, 0.3) is 0 Å². The van der Waals surface area contributed by atoms with E-state index in [4.69, 9.17) is 19.4 Å². The summed E-state index contributed by atoms with van der Waals surface area (Å²) in [4.78, 5) is 15.1. The largest absolute Gasteiger partial charge is 0.456 e. The fourth-order valence-electron chi connectivity index (χ4n) is 6.05. The van der Waals surface area contributed by atoms with Gasteiger partial charge in [0.15, 0.2) is 17.5 Å². The molecule has 0 aliphatic heterocycles. The summed E-state index contributed by atoms with van der Waals surface area (Å²) < 4.78 is 6.34. The summed E-state index contributed by atoms with van der Waals surface area (Å²) in [6.07, 6.45) is 4.20. The van der Waals surface area contributed by atoms with E-state index in [1.807, 2.05) is 61.5 Å². The zero-order valence-electron chi connectivity index (χ0n) is 25.3. The monoisotopic (exact) mass is 591 g/mol. The van der Waals surface area contributed by atoms with Crippen LogP contribution in [0.5, 0.6) is 0 Å². The number of furan rings is 1. The van der Waals surface area contributed by atoms with Gasteiger partial charge in [-0.15, -0.1) is 0 Å². The molecule has 0 unspecified atom stereocenters. The van der Waals surface area contributed by atoms with Crippen LogP contribution in [0.2, 0.25) is 0 Å². The van der Waals surface area contributed by atoms with Crippen LogP contribution >= 0.6 is 0 Å². The second-order valence-corrected chi connectivity index (χ2v) is 11.2. The smallest absolute Gasteiger partial charge is 0.164 e. The summed E-state index contributed by atoms with van der Waals surface area (Å²) in [7, 11) is 0. The summed E-state index contributed by atoms with van der Waals surface area (Å²) in [5.41, 5.74) is 10.2. The van der Waals surface area contributed by atoms with Crippen LogP contribution in [-0.2, 0) is 0 Å². The minimum Gasteiger partial charge on any atom is -0.456 e. The predicted octanol–water partition coefficient (Wildman–Crippen LogP) is 11.1. The van der Waals surface area contributed by atoms with E-state index < -0.39 is 0 Å². The van der Waals surface area contributed by atoms with E-state index in [9.17, 15) is 0 Å². The molecular formula is C42H29N3O. The van der Waals surface area contributed by atoms with E-state index in [0.29, 0.717) is 17.5 Å². The average Bonchev–Trinajstić information content (AvgIpc) is 3.51. The van der Waals surface area contributed by atoms with Crippen molar-refractivity contribution in [2.24, 2.45) is 0 Å². The first-order chi connectivity index (χ1) is 22.7. The van der Waals surface area contributed by atoms with Crippen LogP contribution in [0, 0.1) is 0 Å². The van der Waals surface area contributed by atoms with Gasteiger partial charge >= 0.3 is 0 Å². The highest BCUT2D eigenvalue weighted by molar-refractivity contribution is 6.12. The lowest BCUT2D eigenvalue weighted by Crippen LogP contribution is -2.00. The average molecular weight is 592 g/mol. The molecule has 4 heteroatoms. The highest BCUT2D eigenvalue weighted by atomic mass is 16.3. The zero-order valence-corrected chi connectivity index (χ0v) is 25.3. The lowest BCUT2D eigenvalue weighted by atomic mass is 9.98. The van der Waals surface area contributed by atoms with Gasteiger partial charge in [-0.25, -0.2) is 15.0 Å². The van der Waals surface area contributed by atoms with Gasteiger partial charge in [0.1, 0.15) is 11.2 Å². The van der Waals surface area contributed by atoms with Gasteiger partial charge in [-0.1, -0.05) is 140 Å². The molecule has 0 spiro atoms. The zero-order chi connectivity index (χ0) is 30.9. The Balaban J connectivity index is 1.30. The van der Waals surface area contributed by atoms with Crippen molar-refractivity contribution in [3.63, 3.8) is 0 Å². The van der Waals surface area contributed by atoms with Crippen LogP contribution in [0.15, 0.2) is 156 Å². The molecular weight excluding hydrogens is 562 g/mol. The Morgan fingerprint density at radius 1 is 0.457 bits per heavy atom. The van der Waals surface area contributed by atoms with Crippen LogP contribution in [0.25, 0.3) is 84.4 Å². The third-order valence-corrected chi connectivity index (χ3v) is 8.27. The lowest BCUT2D eigenvalue weighted by Gasteiger charge is -2.10. The summed E-state index contributed by atoms with van der Waals surface area (Å²) in [6, 6.07) is 49.8. The first-order valence-corrected chi connectivity index (χ1v) is 15.4. The second kappa shape index (κ2) is 11.8. The summed E-state index contributed by atoms with van der Waals surface area (Å²) in [6.45, 7) is 2.04. The molecule has 2 heterocycles. The number of benzene rings is 6. The third-order valence-electron chi connectivity index (χ3n) is 8.27. The maximum Gasteiger partial charge on any atom is 0.164 e. The topological polar surface area (TPSA) is 51.8 Å². The Kier molecular flexibility index (Phi) is 7.01. The maximum absolute atomic E-state index is 6.34. The molecule has 0 saturated heterocycles. The standard InChI is InChI=1S/C42H29N3O/c1-2-12-29-15-9-10-18-34(29)30-21-23-32(24-22-30)41-43-40(31-16-7-4-8-17-31)44-42(45-41)35-19-11-20-38-39(35)36-27-33(25-26-37(36)46-38)28-13-5-3-6-14-28/h2-27H,1H3/b12-2-. The first kappa shape index (κ1) is 27.4. The predicted molar refractivity (Wildman–Crippen MR) is 189 cm³/mol. The van der Waals surface area contributed by atoms with E-state index in [1.165, 1.54) is 11.1 Å². The number of rotatable bonds is 6. The van der Waals surface area contributed by atoms with E-state index in [-0.39, 0.29) is 0 Å². The normalized spacial score (nSPS) is 11.5. The number of nitrogens with zero attached hydrogens (tertiary/aromatic N) is 3. The molecule has 0 amide bonds. The van der Waals surface area contributed by atoms with Gasteiger partial charge in [0.2, 0.25) is 0 Å². The van der Waals surface area contributed by atoms with Crippen molar-refractivity contribution in [2.75, 3.05) is 0 Å². The molecule has 0 aliphatic carbocycles. The molecule has 0 bridgehead atoms. The maximum atomic E-state index is 6.34. The first-order valence-electron chi connectivity index (χ1n) is 15.4. The Hall–Kier alpha value is -6.13. The van der Waals surface area contributed by atoms with Gasteiger partial charge in [0.05, 0.1) is 0 Å². The molecule has 8 aromatic rings. The molecule has 0 atom stereocenters. The van der Waals surface area contributed by atoms with Crippen molar-refractivity contribution in [3.05, 3.63) is 157 Å². The third kappa shape index (κ3) is 5.06. The highest BCUT2D eigenvalue weighted by Gasteiger charge is 2.18. The van der Waals surface area contributed by atoms with E-state index >= 15 is 0 Å². The molecule has 0 N–H and O–H groups in total. The molecule has 6 aromatic carbocycles. The summed E-state index contributed by atoms with van der Waals surface area (Å²) in [5, 5.41) is 2.02. The van der Waals surface area contributed by atoms with Crippen LogP contribution < -0.4 is 0 Å². The Morgan fingerprint density at radius 3 is 1.78 bits per heavy atom. The molecule has 46 heavy (non-hydrogen) atoms. The SMILES string of the molecule is C/C=C\c1ccccc1-c1ccc(-c2nc(-c3ccccc3)nc(-c3cccc4oc5ccc(-c6ccccc6)cc5c34)n2)cc1. The van der Waals surface area contributed by atoms with Crippen molar-refractivity contribution in [1.82, 2.24) is 15.0 Å².